The van der Waals surface area contributed by atoms with E-state index in [1.54, 1.807) is 4.90 Å². The van der Waals surface area contributed by atoms with Crippen LogP contribution < -0.4 is 5.32 Å². The fraction of sp³-hybridized carbons (Fsp3) is 0.462. The first kappa shape index (κ1) is 24.7. The van der Waals surface area contributed by atoms with Crippen LogP contribution in [0.5, 0.6) is 0 Å². The van der Waals surface area contributed by atoms with Gasteiger partial charge < -0.3 is 10.2 Å². The van der Waals surface area contributed by atoms with Gasteiger partial charge >= 0.3 is 0 Å². The third-order valence-corrected chi connectivity index (χ3v) is 7.20. The molecule has 172 valence electrons. The molecule has 2 aromatic carbocycles. The number of carbonyl (C=O) groups is 2. The van der Waals surface area contributed by atoms with E-state index in [0.29, 0.717) is 18.0 Å². The summed E-state index contributed by atoms with van der Waals surface area (Å²) in [7, 11) is 0. The van der Waals surface area contributed by atoms with Crippen LogP contribution in [0.1, 0.15) is 56.6 Å². The Balaban J connectivity index is 1.74. The molecule has 0 saturated heterocycles. The molecule has 0 aromatic heterocycles. The van der Waals surface area contributed by atoms with E-state index in [-0.39, 0.29) is 23.6 Å². The van der Waals surface area contributed by atoms with Gasteiger partial charge in [0.05, 0.1) is 5.75 Å². The summed E-state index contributed by atoms with van der Waals surface area (Å²) >= 11 is 7.45. The van der Waals surface area contributed by atoms with Gasteiger partial charge in [-0.3, -0.25) is 9.59 Å². The van der Waals surface area contributed by atoms with Gasteiger partial charge in [0, 0.05) is 22.5 Å². The number of benzene rings is 2. The van der Waals surface area contributed by atoms with Gasteiger partial charge in [-0.05, 0) is 56.0 Å². The predicted molar refractivity (Wildman–Crippen MR) is 133 cm³/mol. The molecule has 1 aliphatic rings. The predicted octanol–water partition coefficient (Wildman–Crippen LogP) is 6.00. The van der Waals surface area contributed by atoms with Gasteiger partial charge in [0.15, 0.2) is 0 Å². The number of carbonyl (C=O) groups excluding carboxylic acids is 2. The number of nitrogens with one attached hydrogen (secondary N) is 1. The van der Waals surface area contributed by atoms with Crippen LogP contribution in [-0.2, 0) is 16.1 Å². The lowest BCUT2D eigenvalue weighted by molar-refractivity contribution is -0.139. The SMILES string of the molecule is CC[C@@H](C(=O)NC1CCCCC1)N(Cc1cccc(C)c1)C(=O)CSc1ccc(Cl)cc1. The normalized spacial score (nSPS) is 15.2. The summed E-state index contributed by atoms with van der Waals surface area (Å²) in [5.74, 6) is 0.217. The summed E-state index contributed by atoms with van der Waals surface area (Å²) in [5.41, 5.74) is 2.18. The average molecular weight is 473 g/mol. The average Bonchev–Trinajstić information content (AvgIpc) is 2.79. The first-order valence-electron chi connectivity index (χ1n) is 11.5. The Morgan fingerprint density at radius 1 is 1.12 bits per heavy atom. The molecule has 0 spiro atoms. The first-order chi connectivity index (χ1) is 15.5. The molecule has 0 heterocycles. The molecule has 0 radical (unpaired) electrons. The highest BCUT2D eigenvalue weighted by Gasteiger charge is 2.30. The highest BCUT2D eigenvalue weighted by molar-refractivity contribution is 8.00. The first-order valence-corrected chi connectivity index (χ1v) is 12.9. The fourth-order valence-electron chi connectivity index (χ4n) is 4.23. The van der Waals surface area contributed by atoms with E-state index in [1.165, 1.54) is 18.2 Å². The molecule has 1 aliphatic carbocycles. The lowest BCUT2D eigenvalue weighted by atomic mass is 9.95. The second kappa shape index (κ2) is 12.3. The molecular formula is C26H33ClN2O2S. The van der Waals surface area contributed by atoms with Crippen LogP contribution >= 0.6 is 23.4 Å². The zero-order valence-corrected chi connectivity index (χ0v) is 20.6. The van der Waals surface area contributed by atoms with Gasteiger partial charge in [-0.25, -0.2) is 0 Å². The maximum atomic E-state index is 13.4. The monoisotopic (exact) mass is 472 g/mol. The summed E-state index contributed by atoms with van der Waals surface area (Å²) in [5, 5.41) is 3.90. The minimum atomic E-state index is -0.476. The number of thioether (sulfide) groups is 1. The van der Waals surface area contributed by atoms with Crippen molar-refractivity contribution in [3.63, 3.8) is 0 Å². The van der Waals surface area contributed by atoms with Crippen molar-refractivity contribution < 1.29 is 9.59 Å². The van der Waals surface area contributed by atoms with Crippen LogP contribution in [0.3, 0.4) is 0 Å². The number of amides is 2. The lowest BCUT2D eigenvalue weighted by Gasteiger charge is -2.32. The highest BCUT2D eigenvalue weighted by Crippen LogP contribution is 2.23. The molecule has 1 fully saturated rings. The van der Waals surface area contributed by atoms with Gasteiger partial charge in [-0.15, -0.1) is 11.8 Å². The molecule has 2 amide bonds. The Hall–Kier alpha value is -1.98. The molecule has 0 unspecified atom stereocenters. The van der Waals surface area contributed by atoms with E-state index in [2.05, 4.69) is 11.4 Å². The second-order valence-corrected chi connectivity index (χ2v) is 10.0. The molecule has 0 bridgehead atoms. The Labute approximate surface area is 201 Å². The Bertz CT molecular complexity index is 897. The van der Waals surface area contributed by atoms with Crippen LogP contribution in [0.15, 0.2) is 53.4 Å². The van der Waals surface area contributed by atoms with Crippen molar-refractivity contribution in [3.8, 4) is 0 Å². The Morgan fingerprint density at radius 3 is 2.50 bits per heavy atom. The lowest BCUT2D eigenvalue weighted by Crippen LogP contribution is -2.52. The molecule has 3 rings (SSSR count). The number of halogens is 1. The van der Waals surface area contributed by atoms with Crippen LogP contribution in [0, 0.1) is 6.92 Å². The number of hydrogen-bond acceptors (Lipinski definition) is 3. The fourth-order valence-corrected chi connectivity index (χ4v) is 5.14. The van der Waals surface area contributed by atoms with Gasteiger partial charge in [-0.1, -0.05) is 67.6 Å². The van der Waals surface area contributed by atoms with E-state index in [1.807, 2.05) is 56.3 Å². The maximum Gasteiger partial charge on any atom is 0.243 e. The van der Waals surface area contributed by atoms with E-state index in [4.69, 9.17) is 11.6 Å². The molecule has 32 heavy (non-hydrogen) atoms. The smallest absolute Gasteiger partial charge is 0.243 e. The summed E-state index contributed by atoms with van der Waals surface area (Å²) in [4.78, 5) is 29.3. The van der Waals surface area contributed by atoms with Gasteiger partial charge in [0.1, 0.15) is 6.04 Å². The highest BCUT2D eigenvalue weighted by atomic mass is 35.5. The van der Waals surface area contributed by atoms with Crippen molar-refractivity contribution in [2.45, 2.75) is 75.9 Å². The summed E-state index contributed by atoms with van der Waals surface area (Å²) in [6.45, 7) is 4.45. The summed E-state index contributed by atoms with van der Waals surface area (Å²) < 4.78 is 0. The number of rotatable bonds is 9. The third kappa shape index (κ3) is 7.28. The van der Waals surface area contributed by atoms with E-state index in [0.717, 1.165) is 41.7 Å². The minimum Gasteiger partial charge on any atom is -0.352 e. The van der Waals surface area contributed by atoms with Gasteiger partial charge in [-0.2, -0.15) is 0 Å². The molecule has 4 nitrogen and oxygen atoms in total. The quantitative estimate of drug-likeness (QED) is 0.455. The van der Waals surface area contributed by atoms with Crippen molar-refractivity contribution in [3.05, 3.63) is 64.7 Å². The Morgan fingerprint density at radius 2 is 1.84 bits per heavy atom. The molecule has 1 saturated carbocycles. The van der Waals surface area contributed by atoms with Crippen molar-refractivity contribution >= 4 is 35.2 Å². The molecular weight excluding hydrogens is 440 g/mol. The summed E-state index contributed by atoms with van der Waals surface area (Å²) in [6.07, 6.45) is 6.20. The zero-order chi connectivity index (χ0) is 22.9. The van der Waals surface area contributed by atoms with Gasteiger partial charge in [0.25, 0.3) is 0 Å². The van der Waals surface area contributed by atoms with Crippen molar-refractivity contribution in [2.24, 2.45) is 0 Å². The Kier molecular flexibility index (Phi) is 9.49. The van der Waals surface area contributed by atoms with E-state index in [9.17, 15) is 9.59 Å². The van der Waals surface area contributed by atoms with Crippen molar-refractivity contribution in [1.82, 2.24) is 10.2 Å². The molecule has 2 aromatic rings. The van der Waals surface area contributed by atoms with E-state index < -0.39 is 6.04 Å². The van der Waals surface area contributed by atoms with Crippen molar-refractivity contribution in [2.75, 3.05) is 5.75 Å². The molecule has 1 N–H and O–H groups in total. The standard InChI is InChI=1S/C26H33ClN2O2S/c1-3-24(26(31)28-22-10-5-4-6-11-22)29(17-20-9-7-8-19(2)16-20)25(30)18-32-23-14-12-21(27)13-15-23/h7-9,12-16,22,24H,3-6,10-11,17-18H2,1-2H3,(H,28,31)/t24-/m0/s1. The summed E-state index contributed by atoms with van der Waals surface area (Å²) in [6, 6.07) is 15.4. The number of aryl methyl sites for hydroxylation is 1. The van der Waals surface area contributed by atoms with Crippen LogP contribution in [0.25, 0.3) is 0 Å². The third-order valence-electron chi connectivity index (χ3n) is 5.95. The molecule has 6 heteroatoms. The van der Waals surface area contributed by atoms with Crippen LogP contribution in [0.4, 0.5) is 0 Å². The largest absolute Gasteiger partial charge is 0.352 e. The van der Waals surface area contributed by atoms with Crippen LogP contribution in [-0.4, -0.2) is 34.6 Å². The molecule has 1 atom stereocenters. The number of nitrogens with zero attached hydrogens (tertiary/aromatic N) is 1. The minimum absolute atomic E-state index is 0.0305. The molecule has 0 aliphatic heterocycles. The van der Waals surface area contributed by atoms with Gasteiger partial charge in [0.2, 0.25) is 11.8 Å². The van der Waals surface area contributed by atoms with E-state index >= 15 is 0 Å². The second-order valence-electron chi connectivity index (χ2n) is 8.52. The topological polar surface area (TPSA) is 49.4 Å². The zero-order valence-electron chi connectivity index (χ0n) is 19.0. The maximum absolute atomic E-state index is 13.4. The van der Waals surface area contributed by atoms with Crippen LogP contribution in [0.2, 0.25) is 5.02 Å². The number of hydrogen-bond donors (Lipinski definition) is 1. The van der Waals surface area contributed by atoms with Crippen molar-refractivity contribution in [1.29, 1.82) is 0 Å².